The van der Waals surface area contributed by atoms with Crippen LogP contribution in [0.5, 0.6) is 0 Å². The van der Waals surface area contributed by atoms with E-state index in [1.54, 1.807) is 10.9 Å². The molecule has 2 aromatic heterocycles. The number of aromatic amines is 1. The monoisotopic (exact) mass is 414 g/mol. The van der Waals surface area contributed by atoms with Crippen molar-refractivity contribution in [2.75, 3.05) is 0 Å². The molecule has 0 aliphatic rings. The van der Waals surface area contributed by atoms with Gasteiger partial charge in [0.1, 0.15) is 0 Å². The van der Waals surface area contributed by atoms with E-state index >= 15 is 0 Å². The summed E-state index contributed by atoms with van der Waals surface area (Å²) in [5.74, 6) is 0.497. The molecule has 0 bridgehead atoms. The fraction of sp³-hybridized carbons (Fsp3) is 0.0455. The zero-order chi connectivity index (χ0) is 20.5. The Labute approximate surface area is 176 Å². The van der Waals surface area contributed by atoms with Crippen molar-refractivity contribution in [3.63, 3.8) is 0 Å². The topological polar surface area (TPSA) is 89.3 Å². The lowest BCUT2D eigenvalue weighted by Crippen LogP contribution is -2.21. The van der Waals surface area contributed by atoms with Gasteiger partial charge in [-0.2, -0.15) is 5.21 Å². The van der Waals surface area contributed by atoms with Crippen LogP contribution in [0.15, 0.2) is 77.9 Å². The fourth-order valence-corrected chi connectivity index (χ4v) is 3.56. The van der Waals surface area contributed by atoms with Gasteiger partial charge in [0, 0.05) is 10.6 Å². The number of hydrogen-bond acceptors (Lipinski definition) is 5. The third-order valence-electron chi connectivity index (χ3n) is 4.91. The number of aromatic nitrogens is 6. The van der Waals surface area contributed by atoms with Crippen LogP contribution in [0.2, 0.25) is 5.02 Å². The lowest BCUT2D eigenvalue weighted by molar-refractivity contribution is 0.748. The fourth-order valence-electron chi connectivity index (χ4n) is 3.43. The maximum Gasteiger partial charge on any atom is 0.261 e. The largest absolute Gasteiger partial charge is 0.294 e. The van der Waals surface area contributed by atoms with Gasteiger partial charge in [0.25, 0.3) is 5.56 Å². The van der Waals surface area contributed by atoms with Gasteiger partial charge >= 0.3 is 0 Å². The van der Waals surface area contributed by atoms with Crippen molar-refractivity contribution in [2.45, 2.75) is 6.54 Å². The Balaban J connectivity index is 1.60. The first-order valence-electron chi connectivity index (χ1n) is 9.26. The smallest absolute Gasteiger partial charge is 0.261 e. The van der Waals surface area contributed by atoms with E-state index in [1.807, 2.05) is 66.7 Å². The molecule has 5 rings (SSSR count). The number of H-pyrrole nitrogens is 1. The number of rotatable bonds is 4. The molecule has 0 fully saturated rings. The summed E-state index contributed by atoms with van der Waals surface area (Å²) in [6, 6.07) is 20.8. The Kier molecular flexibility index (Phi) is 4.57. The first kappa shape index (κ1) is 18.2. The maximum atomic E-state index is 13.2. The minimum absolute atomic E-state index is 0.103. The first-order valence-corrected chi connectivity index (χ1v) is 9.64. The molecule has 146 valence electrons. The lowest BCUT2D eigenvalue weighted by Gasteiger charge is -2.10. The Bertz CT molecular complexity index is 1390. The van der Waals surface area contributed by atoms with Crippen molar-refractivity contribution in [1.29, 1.82) is 0 Å². The molecular weight excluding hydrogens is 400 g/mol. The Morgan fingerprint density at radius 3 is 2.53 bits per heavy atom. The molecule has 8 heteroatoms. The van der Waals surface area contributed by atoms with Gasteiger partial charge in [0.05, 0.1) is 23.8 Å². The molecule has 3 aromatic carbocycles. The second-order valence-electron chi connectivity index (χ2n) is 6.82. The highest BCUT2D eigenvalue weighted by Crippen LogP contribution is 2.30. The number of fused-ring (bicyclic) bond motifs is 1. The van der Waals surface area contributed by atoms with E-state index < -0.39 is 0 Å². The molecule has 0 unspecified atom stereocenters. The molecule has 0 spiro atoms. The number of nitrogens with one attached hydrogen (secondary N) is 1. The average molecular weight is 415 g/mol. The van der Waals surface area contributed by atoms with Crippen LogP contribution < -0.4 is 5.56 Å². The molecule has 0 saturated heterocycles. The van der Waals surface area contributed by atoms with E-state index in [9.17, 15) is 4.79 Å². The predicted octanol–water partition coefficient (Wildman–Crippen LogP) is 3.95. The molecule has 0 aliphatic carbocycles. The Morgan fingerprint density at radius 1 is 0.967 bits per heavy atom. The third kappa shape index (κ3) is 3.35. The Morgan fingerprint density at radius 2 is 1.77 bits per heavy atom. The normalized spacial score (nSPS) is 11.1. The molecule has 0 atom stereocenters. The van der Waals surface area contributed by atoms with Crippen molar-refractivity contribution in [1.82, 2.24) is 30.2 Å². The number of benzene rings is 3. The SMILES string of the molecule is O=c1c2cc(-c3ccccc3-c3nn[nH]n3)ccc2ncn1Cc1ccc(Cl)cc1. The van der Waals surface area contributed by atoms with Crippen LogP contribution in [-0.2, 0) is 6.54 Å². The lowest BCUT2D eigenvalue weighted by atomic mass is 9.98. The van der Waals surface area contributed by atoms with Crippen molar-refractivity contribution in [2.24, 2.45) is 0 Å². The van der Waals surface area contributed by atoms with Gasteiger partial charge in [-0.25, -0.2) is 4.98 Å². The summed E-state index contributed by atoms with van der Waals surface area (Å²) < 4.78 is 1.60. The van der Waals surface area contributed by atoms with E-state index in [1.165, 1.54) is 0 Å². The summed E-state index contributed by atoms with van der Waals surface area (Å²) >= 11 is 5.95. The van der Waals surface area contributed by atoms with Crippen molar-refractivity contribution < 1.29 is 0 Å². The van der Waals surface area contributed by atoms with E-state index in [2.05, 4.69) is 25.6 Å². The van der Waals surface area contributed by atoms with E-state index in [0.29, 0.717) is 28.3 Å². The highest BCUT2D eigenvalue weighted by molar-refractivity contribution is 6.30. The first-order chi connectivity index (χ1) is 14.7. The molecule has 5 aromatic rings. The number of halogens is 1. The van der Waals surface area contributed by atoms with Gasteiger partial charge in [0.15, 0.2) is 0 Å². The van der Waals surface area contributed by atoms with Crippen molar-refractivity contribution in [3.05, 3.63) is 94.0 Å². The summed E-state index contributed by atoms with van der Waals surface area (Å²) in [7, 11) is 0. The summed E-state index contributed by atoms with van der Waals surface area (Å²) in [4.78, 5) is 17.6. The maximum absolute atomic E-state index is 13.2. The molecule has 0 saturated carbocycles. The zero-order valence-corrected chi connectivity index (χ0v) is 16.4. The van der Waals surface area contributed by atoms with Crippen molar-refractivity contribution >= 4 is 22.5 Å². The second kappa shape index (κ2) is 7.53. The van der Waals surface area contributed by atoms with Crippen LogP contribution in [0.25, 0.3) is 33.4 Å². The quantitative estimate of drug-likeness (QED) is 0.481. The molecule has 7 nitrogen and oxygen atoms in total. The molecular formula is C22H15ClN6O. The number of hydrogen-bond donors (Lipinski definition) is 1. The highest BCUT2D eigenvalue weighted by Gasteiger charge is 2.13. The molecule has 0 amide bonds. The predicted molar refractivity (Wildman–Crippen MR) is 115 cm³/mol. The van der Waals surface area contributed by atoms with Crippen LogP contribution in [-0.4, -0.2) is 30.2 Å². The highest BCUT2D eigenvalue weighted by atomic mass is 35.5. The van der Waals surface area contributed by atoms with Crippen molar-refractivity contribution in [3.8, 4) is 22.5 Å². The minimum Gasteiger partial charge on any atom is -0.294 e. The standard InChI is InChI=1S/C22H15ClN6O/c23-16-8-5-14(6-9-16)12-29-13-24-20-10-7-15(11-19(20)22(29)30)17-3-1-2-4-18(17)21-25-27-28-26-21/h1-11,13H,12H2,(H,25,26,27,28). The molecule has 0 aliphatic heterocycles. The van der Waals surface area contributed by atoms with Crippen LogP contribution in [0, 0.1) is 0 Å². The molecule has 1 N–H and O–H groups in total. The summed E-state index contributed by atoms with van der Waals surface area (Å²) in [6.07, 6.45) is 1.58. The van der Waals surface area contributed by atoms with Gasteiger partial charge in [0.2, 0.25) is 5.82 Å². The summed E-state index contributed by atoms with van der Waals surface area (Å²) in [5.41, 5.74) is 4.14. The van der Waals surface area contributed by atoms with Crippen LogP contribution in [0.3, 0.4) is 0 Å². The van der Waals surface area contributed by atoms with Crippen LogP contribution in [0.4, 0.5) is 0 Å². The minimum atomic E-state index is -0.103. The van der Waals surface area contributed by atoms with Gasteiger partial charge in [-0.05, 0) is 46.2 Å². The third-order valence-corrected chi connectivity index (χ3v) is 5.17. The van der Waals surface area contributed by atoms with Gasteiger partial charge < -0.3 is 0 Å². The van der Waals surface area contributed by atoms with E-state index in [0.717, 1.165) is 22.3 Å². The number of nitrogens with zero attached hydrogens (tertiary/aromatic N) is 5. The van der Waals surface area contributed by atoms with Gasteiger partial charge in [-0.15, -0.1) is 10.2 Å². The second-order valence-corrected chi connectivity index (χ2v) is 7.25. The number of tetrazole rings is 1. The van der Waals surface area contributed by atoms with Crippen LogP contribution in [0.1, 0.15) is 5.56 Å². The summed E-state index contributed by atoms with van der Waals surface area (Å²) in [5, 5.41) is 15.5. The van der Waals surface area contributed by atoms with E-state index in [-0.39, 0.29) is 5.56 Å². The molecule has 2 heterocycles. The zero-order valence-electron chi connectivity index (χ0n) is 15.7. The van der Waals surface area contributed by atoms with Gasteiger partial charge in [-0.1, -0.05) is 54.1 Å². The van der Waals surface area contributed by atoms with E-state index in [4.69, 9.17) is 11.6 Å². The molecule has 0 radical (unpaired) electrons. The Hall–Kier alpha value is -3.84. The van der Waals surface area contributed by atoms with Gasteiger partial charge in [-0.3, -0.25) is 9.36 Å². The molecule has 30 heavy (non-hydrogen) atoms. The summed E-state index contributed by atoms with van der Waals surface area (Å²) in [6.45, 7) is 0.419. The van der Waals surface area contributed by atoms with Crippen LogP contribution >= 0.6 is 11.6 Å². The average Bonchev–Trinajstić information content (AvgIpc) is 3.32.